The van der Waals surface area contributed by atoms with Gasteiger partial charge in [0.2, 0.25) is 5.91 Å². The van der Waals surface area contributed by atoms with Crippen LogP contribution >= 0.6 is 15.9 Å². The number of carbonyl (C=O) groups excluding carboxylic acids is 2. The summed E-state index contributed by atoms with van der Waals surface area (Å²) in [4.78, 5) is 28.5. The molecule has 2 aromatic carbocycles. The first-order chi connectivity index (χ1) is 12.1. The van der Waals surface area contributed by atoms with Crippen molar-refractivity contribution >= 4 is 33.4 Å². The van der Waals surface area contributed by atoms with Crippen molar-refractivity contribution in [1.29, 1.82) is 0 Å². The molecule has 6 heteroatoms. The number of halogens is 1. The average Bonchev–Trinajstić information content (AvgIpc) is 3.04. The molecule has 0 N–H and O–H groups in total. The van der Waals surface area contributed by atoms with Gasteiger partial charge in [-0.3, -0.25) is 14.5 Å². The summed E-state index contributed by atoms with van der Waals surface area (Å²) < 4.78 is 5.92. The summed E-state index contributed by atoms with van der Waals surface area (Å²) in [5.74, 6) is 0.644. The molecule has 2 amide bonds. The Hall–Kier alpha value is -2.34. The Bertz CT molecular complexity index is 776. The minimum atomic E-state index is -0.155. The minimum absolute atomic E-state index is 0.0819. The highest BCUT2D eigenvalue weighted by Gasteiger charge is 2.27. The van der Waals surface area contributed by atoms with Crippen LogP contribution in [0.4, 0.5) is 5.69 Å². The van der Waals surface area contributed by atoms with Crippen LogP contribution in [0.1, 0.15) is 23.2 Å². The van der Waals surface area contributed by atoms with Gasteiger partial charge in [0, 0.05) is 23.1 Å². The molecular formula is C19H19BrN2O3. The predicted octanol–water partition coefficient (Wildman–Crippen LogP) is 3.68. The van der Waals surface area contributed by atoms with Gasteiger partial charge in [0.1, 0.15) is 12.4 Å². The Kier molecular flexibility index (Phi) is 5.38. The van der Waals surface area contributed by atoms with Crippen molar-refractivity contribution in [2.75, 3.05) is 25.2 Å². The van der Waals surface area contributed by atoms with Crippen LogP contribution in [0.3, 0.4) is 0 Å². The van der Waals surface area contributed by atoms with E-state index < -0.39 is 0 Å². The lowest BCUT2D eigenvalue weighted by atomic mass is 10.2. The molecule has 2 aromatic rings. The number of anilines is 1. The fourth-order valence-electron chi connectivity index (χ4n) is 2.83. The summed E-state index contributed by atoms with van der Waals surface area (Å²) in [6.07, 6.45) is 1.37. The molecule has 130 valence electrons. The number of hydrogen-bond acceptors (Lipinski definition) is 3. The summed E-state index contributed by atoms with van der Waals surface area (Å²) in [6, 6.07) is 14.6. The topological polar surface area (TPSA) is 49.9 Å². The van der Waals surface area contributed by atoms with Crippen molar-refractivity contribution in [3.63, 3.8) is 0 Å². The average molecular weight is 403 g/mol. The number of likely N-dealkylation sites (tertiary alicyclic amines) is 1. The normalized spacial score (nSPS) is 13.8. The van der Waals surface area contributed by atoms with Crippen LogP contribution < -0.4 is 9.64 Å². The maximum absolute atomic E-state index is 13.1. The first-order valence-electron chi connectivity index (χ1n) is 8.08. The number of hydrogen-bond donors (Lipinski definition) is 0. The van der Waals surface area contributed by atoms with Crippen LogP contribution in [0.15, 0.2) is 53.0 Å². The van der Waals surface area contributed by atoms with E-state index >= 15 is 0 Å². The molecule has 0 aliphatic carbocycles. The fraction of sp³-hybridized carbons (Fsp3) is 0.263. The number of carbonyl (C=O) groups is 2. The van der Waals surface area contributed by atoms with E-state index in [2.05, 4.69) is 15.9 Å². The molecule has 0 bridgehead atoms. The first kappa shape index (κ1) is 17.5. The summed E-state index contributed by atoms with van der Waals surface area (Å²) in [6.45, 7) is 0.917. The van der Waals surface area contributed by atoms with Crippen LogP contribution in [0.2, 0.25) is 0 Å². The van der Waals surface area contributed by atoms with Crippen LogP contribution in [0.25, 0.3) is 0 Å². The van der Waals surface area contributed by atoms with E-state index in [4.69, 9.17) is 4.74 Å². The Morgan fingerprint density at radius 2 is 1.92 bits per heavy atom. The van der Waals surface area contributed by atoms with E-state index in [-0.39, 0.29) is 18.5 Å². The predicted molar refractivity (Wildman–Crippen MR) is 99.8 cm³/mol. The van der Waals surface area contributed by atoms with Crippen LogP contribution in [-0.4, -0.2) is 37.0 Å². The quantitative estimate of drug-likeness (QED) is 0.766. The van der Waals surface area contributed by atoms with Crippen LogP contribution in [0, 0.1) is 0 Å². The maximum Gasteiger partial charge on any atom is 0.260 e. The zero-order valence-electron chi connectivity index (χ0n) is 13.9. The Morgan fingerprint density at radius 3 is 2.52 bits per heavy atom. The van der Waals surface area contributed by atoms with Crippen LogP contribution in [0.5, 0.6) is 5.75 Å². The fourth-order valence-corrected chi connectivity index (χ4v) is 3.28. The molecule has 0 spiro atoms. The number of nitrogens with zero attached hydrogens (tertiary/aromatic N) is 2. The molecule has 1 aliphatic rings. The molecule has 0 radical (unpaired) electrons. The van der Waals surface area contributed by atoms with Gasteiger partial charge < -0.3 is 9.64 Å². The molecular weight excluding hydrogens is 384 g/mol. The Labute approximate surface area is 155 Å². The van der Waals surface area contributed by atoms with Crippen molar-refractivity contribution < 1.29 is 14.3 Å². The lowest BCUT2D eigenvalue weighted by Crippen LogP contribution is -2.42. The smallest absolute Gasteiger partial charge is 0.260 e. The second-order valence-electron chi connectivity index (χ2n) is 5.81. The summed E-state index contributed by atoms with van der Waals surface area (Å²) in [5, 5.41) is 0. The zero-order chi connectivity index (χ0) is 17.8. The second kappa shape index (κ2) is 7.70. The van der Waals surface area contributed by atoms with E-state index in [0.29, 0.717) is 24.3 Å². The van der Waals surface area contributed by atoms with Gasteiger partial charge in [-0.15, -0.1) is 0 Å². The third-order valence-electron chi connectivity index (χ3n) is 4.22. The van der Waals surface area contributed by atoms with Gasteiger partial charge >= 0.3 is 0 Å². The largest absolute Gasteiger partial charge is 0.497 e. The van der Waals surface area contributed by atoms with Crippen molar-refractivity contribution in [2.45, 2.75) is 12.8 Å². The van der Waals surface area contributed by atoms with E-state index in [1.165, 1.54) is 0 Å². The Morgan fingerprint density at radius 1 is 1.20 bits per heavy atom. The number of rotatable bonds is 5. The van der Waals surface area contributed by atoms with Crippen LogP contribution in [-0.2, 0) is 4.79 Å². The van der Waals surface area contributed by atoms with Gasteiger partial charge in [-0.05, 0) is 58.7 Å². The van der Waals surface area contributed by atoms with E-state index in [1.807, 2.05) is 30.3 Å². The van der Waals surface area contributed by atoms with Gasteiger partial charge in [-0.25, -0.2) is 0 Å². The lowest BCUT2D eigenvalue weighted by molar-refractivity contribution is -0.127. The molecule has 1 fully saturated rings. The highest BCUT2D eigenvalue weighted by atomic mass is 79.9. The van der Waals surface area contributed by atoms with Crippen molar-refractivity contribution in [3.8, 4) is 5.75 Å². The highest BCUT2D eigenvalue weighted by molar-refractivity contribution is 9.10. The zero-order valence-corrected chi connectivity index (χ0v) is 15.5. The van der Waals surface area contributed by atoms with Crippen molar-refractivity contribution in [1.82, 2.24) is 4.90 Å². The van der Waals surface area contributed by atoms with E-state index in [1.54, 1.807) is 35.1 Å². The number of benzene rings is 2. The van der Waals surface area contributed by atoms with Gasteiger partial charge in [0.15, 0.2) is 0 Å². The molecule has 0 atom stereocenters. The SMILES string of the molecule is COc1ccc(N(CN2CCCC2=O)C(=O)c2ccccc2Br)cc1. The van der Waals surface area contributed by atoms with Gasteiger partial charge in [-0.1, -0.05) is 12.1 Å². The number of ether oxygens (including phenoxy) is 1. The van der Waals surface area contributed by atoms with E-state index in [0.717, 1.165) is 16.6 Å². The van der Waals surface area contributed by atoms with Gasteiger partial charge in [-0.2, -0.15) is 0 Å². The molecule has 0 aromatic heterocycles. The molecule has 25 heavy (non-hydrogen) atoms. The number of methoxy groups -OCH3 is 1. The first-order valence-corrected chi connectivity index (χ1v) is 8.87. The molecule has 3 rings (SSSR count). The monoisotopic (exact) mass is 402 g/mol. The maximum atomic E-state index is 13.1. The van der Waals surface area contributed by atoms with E-state index in [9.17, 15) is 9.59 Å². The molecule has 1 saturated heterocycles. The van der Waals surface area contributed by atoms with Crippen molar-refractivity contribution in [2.24, 2.45) is 0 Å². The molecule has 0 saturated carbocycles. The summed E-state index contributed by atoms with van der Waals surface area (Å²) in [7, 11) is 1.60. The van der Waals surface area contributed by atoms with Gasteiger partial charge in [0.25, 0.3) is 5.91 Å². The van der Waals surface area contributed by atoms with Crippen molar-refractivity contribution in [3.05, 3.63) is 58.6 Å². The molecule has 0 unspecified atom stereocenters. The highest BCUT2D eigenvalue weighted by Crippen LogP contribution is 2.25. The minimum Gasteiger partial charge on any atom is -0.497 e. The second-order valence-corrected chi connectivity index (χ2v) is 6.67. The number of amides is 2. The third kappa shape index (κ3) is 3.85. The molecule has 1 heterocycles. The Balaban J connectivity index is 1.94. The third-order valence-corrected chi connectivity index (χ3v) is 4.91. The lowest BCUT2D eigenvalue weighted by Gasteiger charge is -2.28. The molecule has 1 aliphatic heterocycles. The van der Waals surface area contributed by atoms with Gasteiger partial charge in [0.05, 0.1) is 12.7 Å². The molecule has 5 nitrogen and oxygen atoms in total. The standard InChI is InChI=1S/C19H19BrN2O3/c1-25-15-10-8-14(9-11-15)22(13-21-12-4-7-18(21)23)19(24)16-5-2-3-6-17(16)20/h2-3,5-6,8-11H,4,7,12-13H2,1H3. The summed E-state index contributed by atoms with van der Waals surface area (Å²) >= 11 is 3.44. The summed E-state index contributed by atoms with van der Waals surface area (Å²) in [5.41, 5.74) is 1.28.